The average Bonchev–Trinajstić information content (AvgIpc) is 2.25. The molecule has 2 unspecified atom stereocenters. The van der Waals surface area contributed by atoms with Crippen LogP contribution in [0.3, 0.4) is 0 Å². The van der Waals surface area contributed by atoms with Gasteiger partial charge in [0.2, 0.25) is 0 Å². The molecule has 2 fully saturated rings. The number of likely N-dealkylation sites (tertiary alicyclic amines) is 1. The molecule has 1 saturated carbocycles. The maximum atomic E-state index is 12.0. The van der Waals surface area contributed by atoms with Gasteiger partial charge in [-0.3, -0.25) is 9.59 Å². The van der Waals surface area contributed by atoms with Gasteiger partial charge in [-0.05, 0) is 33.1 Å². The fourth-order valence-electron chi connectivity index (χ4n) is 2.79. The van der Waals surface area contributed by atoms with Crippen LogP contribution in [0.25, 0.3) is 0 Å². The van der Waals surface area contributed by atoms with Crippen LogP contribution in [0.15, 0.2) is 0 Å². The molecule has 1 heterocycles. The van der Waals surface area contributed by atoms with E-state index in [1.165, 1.54) is 0 Å². The molecule has 0 N–H and O–H groups in total. The summed E-state index contributed by atoms with van der Waals surface area (Å²) in [4.78, 5) is 36.9. The van der Waals surface area contributed by atoms with E-state index in [0.717, 1.165) is 0 Å². The van der Waals surface area contributed by atoms with E-state index in [9.17, 15) is 14.4 Å². The highest BCUT2D eigenvalue weighted by molar-refractivity contribution is 6.03. The monoisotopic (exact) mass is 267 g/mol. The van der Waals surface area contributed by atoms with Gasteiger partial charge in [-0.2, -0.15) is 0 Å². The minimum atomic E-state index is -0.527. The summed E-state index contributed by atoms with van der Waals surface area (Å²) < 4.78 is 5.32. The van der Waals surface area contributed by atoms with Crippen LogP contribution < -0.4 is 0 Å². The third-order valence-electron chi connectivity index (χ3n) is 3.68. The molecule has 5 heteroatoms. The molecule has 0 aromatic rings. The summed E-state index contributed by atoms with van der Waals surface area (Å²) >= 11 is 0. The fourth-order valence-corrected chi connectivity index (χ4v) is 2.79. The first-order chi connectivity index (χ1) is 8.76. The second-order valence-corrected chi connectivity index (χ2v) is 6.47. The lowest BCUT2D eigenvalue weighted by Gasteiger charge is -2.40. The average molecular weight is 267 g/mol. The first kappa shape index (κ1) is 14.0. The zero-order valence-electron chi connectivity index (χ0n) is 11.8. The van der Waals surface area contributed by atoms with Gasteiger partial charge in [0.25, 0.3) is 0 Å². The van der Waals surface area contributed by atoms with Crippen molar-refractivity contribution in [1.82, 2.24) is 4.90 Å². The first-order valence-corrected chi connectivity index (χ1v) is 6.78. The molecule has 0 aromatic heterocycles. The highest BCUT2D eigenvalue weighted by Crippen LogP contribution is 2.33. The molecule has 0 bridgehead atoms. The van der Waals surface area contributed by atoms with E-state index < -0.39 is 5.60 Å². The number of Topliss-reactive ketones (excluding diaryl/α,β-unsaturated/α-hetero) is 2. The van der Waals surface area contributed by atoms with Crippen LogP contribution in [0, 0.1) is 11.8 Å². The standard InChI is InChI=1S/C14H21NO4/c1-14(2,3)19-13(18)15-5-4-9-6-10(16)7-12(17)11(9)8-15/h9,11H,4-8H2,1-3H3. The van der Waals surface area contributed by atoms with Gasteiger partial charge in [0.05, 0.1) is 6.42 Å². The van der Waals surface area contributed by atoms with Gasteiger partial charge in [-0.1, -0.05) is 0 Å². The summed E-state index contributed by atoms with van der Waals surface area (Å²) in [6.45, 7) is 6.43. The van der Waals surface area contributed by atoms with Gasteiger partial charge in [-0.15, -0.1) is 0 Å². The summed E-state index contributed by atoms with van der Waals surface area (Å²) in [5, 5.41) is 0. The second-order valence-electron chi connectivity index (χ2n) is 6.47. The number of carbonyl (C=O) groups is 3. The largest absolute Gasteiger partial charge is 0.444 e. The van der Waals surface area contributed by atoms with E-state index in [1.807, 2.05) is 20.8 Å². The van der Waals surface area contributed by atoms with Crippen LogP contribution in [0.2, 0.25) is 0 Å². The highest BCUT2D eigenvalue weighted by atomic mass is 16.6. The molecule has 2 atom stereocenters. The third-order valence-corrected chi connectivity index (χ3v) is 3.68. The highest BCUT2D eigenvalue weighted by Gasteiger charge is 2.41. The van der Waals surface area contributed by atoms with Gasteiger partial charge in [0, 0.05) is 25.4 Å². The van der Waals surface area contributed by atoms with Crippen LogP contribution in [0.4, 0.5) is 4.79 Å². The molecule has 1 aliphatic heterocycles. The van der Waals surface area contributed by atoms with Crippen LogP contribution in [-0.2, 0) is 14.3 Å². The summed E-state index contributed by atoms with van der Waals surface area (Å²) in [6.07, 6.45) is 0.860. The van der Waals surface area contributed by atoms with Crippen molar-refractivity contribution in [3.8, 4) is 0 Å². The maximum absolute atomic E-state index is 12.0. The van der Waals surface area contributed by atoms with E-state index in [0.29, 0.717) is 25.9 Å². The lowest BCUT2D eigenvalue weighted by atomic mass is 9.74. The Morgan fingerprint density at radius 1 is 1.32 bits per heavy atom. The Morgan fingerprint density at radius 3 is 2.63 bits per heavy atom. The summed E-state index contributed by atoms with van der Waals surface area (Å²) in [7, 11) is 0. The number of fused-ring (bicyclic) bond motifs is 1. The van der Waals surface area contributed by atoms with Gasteiger partial charge in [0.1, 0.15) is 17.2 Å². The van der Waals surface area contributed by atoms with Crippen molar-refractivity contribution in [3.05, 3.63) is 0 Å². The summed E-state index contributed by atoms with van der Waals surface area (Å²) in [6, 6.07) is 0. The minimum Gasteiger partial charge on any atom is -0.444 e. The normalized spacial score (nSPS) is 28.1. The minimum absolute atomic E-state index is 0.0190. The number of hydrogen-bond acceptors (Lipinski definition) is 4. The quantitative estimate of drug-likeness (QED) is 0.628. The molecule has 106 valence electrons. The van der Waals surface area contributed by atoms with Crippen molar-refractivity contribution in [1.29, 1.82) is 0 Å². The smallest absolute Gasteiger partial charge is 0.410 e. The number of hydrogen-bond donors (Lipinski definition) is 0. The number of piperidine rings is 1. The van der Waals surface area contributed by atoms with Crippen molar-refractivity contribution in [3.63, 3.8) is 0 Å². The van der Waals surface area contributed by atoms with Gasteiger partial charge in [0.15, 0.2) is 0 Å². The lowest BCUT2D eigenvalue weighted by molar-refractivity contribution is -0.137. The van der Waals surface area contributed by atoms with Crippen molar-refractivity contribution in [2.75, 3.05) is 13.1 Å². The molecule has 1 aliphatic carbocycles. The molecular formula is C14H21NO4. The van der Waals surface area contributed by atoms with E-state index in [1.54, 1.807) is 4.90 Å². The predicted octanol–water partition coefficient (Wildman–Crippen LogP) is 1.79. The van der Waals surface area contributed by atoms with Crippen LogP contribution >= 0.6 is 0 Å². The second kappa shape index (κ2) is 4.94. The van der Waals surface area contributed by atoms with Crippen molar-refractivity contribution in [2.45, 2.75) is 45.6 Å². The molecule has 1 amide bonds. The Labute approximate surface area is 113 Å². The van der Waals surface area contributed by atoms with Crippen LogP contribution in [0.5, 0.6) is 0 Å². The first-order valence-electron chi connectivity index (χ1n) is 6.78. The topological polar surface area (TPSA) is 63.7 Å². The molecule has 1 saturated heterocycles. The Kier molecular flexibility index (Phi) is 3.65. The maximum Gasteiger partial charge on any atom is 0.410 e. The van der Waals surface area contributed by atoms with Crippen molar-refractivity contribution < 1.29 is 19.1 Å². The number of amides is 1. The number of rotatable bonds is 0. The van der Waals surface area contributed by atoms with Crippen molar-refractivity contribution in [2.24, 2.45) is 11.8 Å². The van der Waals surface area contributed by atoms with E-state index in [-0.39, 0.29) is 35.9 Å². The Balaban J connectivity index is 2.00. The Hall–Kier alpha value is -1.39. The zero-order chi connectivity index (χ0) is 14.2. The summed E-state index contributed by atoms with van der Waals surface area (Å²) in [5.74, 6) is -0.0436. The molecule has 2 aliphatic rings. The van der Waals surface area contributed by atoms with Crippen molar-refractivity contribution >= 4 is 17.7 Å². The SMILES string of the molecule is CC(C)(C)OC(=O)N1CCC2CC(=O)CC(=O)C2C1. The molecule has 0 aromatic carbocycles. The molecule has 2 rings (SSSR count). The predicted molar refractivity (Wildman–Crippen MR) is 68.7 cm³/mol. The van der Waals surface area contributed by atoms with Gasteiger partial charge >= 0.3 is 6.09 Å². The van der Waals surface area contributed by atoms with Gasteiger partial charge in [-0.25, -0.2) is 4.79 Å². The number of ketones is 2. The van der Waals surface area contributed by atoms with E-state index in [2.05, 4.69) is 0 Å². The van der Waals surface area contributed by atoms with Crippen LogP contribution in [-0.4, -0.2) is 41.3 Å². The Morgan fingerprint density at radius 2 is 2.00 bits per heavy atom. The lowest BCUT2D eigenvalue weighted by Crippen LogP contribution is -2.50. The molecular weight excluding hydrogens is 246 g/mol. The number of ether oxygens (including phenoxy) is 1. The van der Waals surface area contributed by atoms with E-state index in [4.69, 9.17) is 4.74 Å². The summed E-state index contributed by atoms with van der Waals surface area (Å²) in [5.41, 5.74) is -0.527. The molecule has 19 heavy (non-hydrogen) atoms. The van der Waals surface area contributed by atoms with E-state index >= 15 is 0 Å². The Bertz CT molecular complexity index is 410. The molecule has 0 radical (unpaired) electrons. The number of nitrogens with zero attached hydrogens (tertiary/aromatic N) is 1. The van der Waals surface area contributed by atoms with Crippen LogP contribution in [0.1, 0.15) is 40.0 Å². The third kappa shape index (κ3) is 3.33. The molecule has 0 spiro atoms. The fraction of sp³-hybridized carbons (Fsp3) is 0.786. The zero-order valence-corrected chi connectivity index (χ0v) is 11.8. The van der Waals surface area contributed by atoms with Gasteiger partial charge < -0.3 is 9.64 Å². The number of carbonyl (C=O) groups excluding carboxylic acids is 3. The molecule has 5 nitrogen and oxygen atoms in total.